The van der Waals surface area contributed by atoms with Gasteiger partial charge in [-0.3, -0.25) is 0 Å². The van der Waals surface area contributed by atoms with Crippen LogP contribution in [0.4, 0.5) is 0 Å². The van der Waals surface area contributed by atoms with Crippen LogP contribution in [0.3, 0.4) is 0 Å². The lowest BCUT2D eigenvalue weighted by molar-refractivity contribution is 0.601. The quantitative estimate of drug-likeness (QED) is 0.746. The first-order chi connectivity index (χ1) is 8.05. The van der Waals surface area contributed by atoms with Crippen LogP contribution in [0, 0.1) is 0 Å². The van der Waals surface area contributed by atoms with Gasteiger partial charge in [0, 0.05) is 5.92 Å². The Hall–Kier alpha value is -0.950. The van der Waals surface area contributed by atoms with Gasteiger partial charge in [0.1, 0.15) is 4.60 Å². The van der Waals surface area contributed by atoms with Gasteiger partial charge >= 0.3 is 0 Å². The van der Waals surface area contributed by atoms with E-state index in [9.17, 15) is 8.42 Å². The van der Waals surface area contributed by atoms with Gasteiger partial charge in [-0.25, -0.2) is 17.9 Å². The lowest BCUT2D eigenvalue weighted by atomic mass is 10.1. The first-order valence-corrected chi connectivity index (χ1v) is 7.88. The number of hydrogen-bond donors (Lipinski definition) is 0. The van der Waals surface area contributed by atoms with Crippen molar-refractivity contribution >= 4 is 31.4 Å². The Bertz CT molecular complexity index is 680. The Morgan fingerprint density at radius 2 is 2.24 bits per heavy atom. The van der Waals surface area contributed by atoms with E-state index >= 15 is 0 Å². The van der Waals surface area contributed by atoms with Gasteiger partial charge in [0.15, 0.2) is 21.3 Å². The molecule has 17 heavy (non-hydrogen) atoms. The summed E-state index contributed by atoms with van der Waals surface area (Å²) in [5.74, 6) is 0.973. The summed E-state index contributed by atoms with van der Waals surface area (Å²) in [6, 6.07) is 5.60. The van der Waals surface area contributed by atoms with Crippen LogP contribution in [-0.2, 0) is 9.84 Å². The zero-order chi connectivity index (χ0) is 12.0. The Kier molecular flexibility index (Phi) is 2.48. The average Bonchev–Trinajstić information content (AvgIpc) is 2.82. The molecule has 90 valence electrons. The lowest BCUT2D eigenvalue weighted by Crippen LogP contribution is -2.05. The van der Waals surface area contributed by atoms with E-state index in [0.717, 1.165) is 10.3 Å². The molecule has 0 radical (unpaired) electrons. The van der Waals surface area contributed by atoms with Crippen molar-refractivity contribution in [2.75, 3.05) is 11.5 Å². The second-order valence-electron chi connectivity index (χ2n) is 4.19. The smallest absolute Gasteiger partial charge is 0.156 e. The van der Waals surface area contributed by atoms with Crippen LogP contribution in [0.25, 0.3) is 5.65 Å². The average molecular weight is 316 g/mol. The van der Waals surface area contributed by atoms with E-state index in [2.05, 4.69) is 26.0 Å². The second kappa shape index (κ2) is 3.78. The van der Waals surface area contributed by atoms with E-state index in [1.165, 1.54) is 0 Å². The highest BCUT2D eigenvalue weighted by Gasteiger charge is 2.31. The summed E-state index contributed by atoms with van der Waals surface area (Å²) in [6.07, 6.45) is 0.622. The fraction of sp³-hybridized carbons (Fsp3) is 0.400. The first kappa shape index (κ1) is 11.2. The van der Waals surface area contributed by atoms with Crippen molar-refractivity contribution in [2.24, 2.45) is 0 Å². The molecule has 0 amide bonds. The summed E-state index contributed by atoms with van der Waals surface area (Å²) in [5, 5.41) is 4.35. The van der Waals surface area contributed by atoms with Crippen molar-refractivity contribution in [1.29, 1.82) is 0 Å². The van der Waals surface area contributed by atoms with E-state index in [0.29, 0.717) is 12.2 Å². The molecule has 1 unspecified atom stereocenters. The molecular weight excluding hydrogens is 306 g/mol. The number of hydrogen-bond acceptors (Lipinski definition) is 4. The minimum Gasteiger partial charge on any atom is -0.229 e. The van der Waals surface area contributed by atoms with Crippen LogP contribution in [0.15, 0.2) is 22.8 Å². The highest BCUT2D eigenvalue weighted by atomic mass is 79.9. The molecule has 0 aliphatic carbocycles. The molecule has 2 aromatic heterocycles. The van der Waals surface area contributed by atoms with Gasteiger partial charge < -0.3 is 0 Å². The van der Waals surface area contributed by atoms with Crippen molar-refractivity contribution in [3.63, 3.8) is 0 Å². The van der Waals surface area contributed by atoms with Gasteiger partial charge in [0.2, 0.25) is 0 Å². The summed E-state index contributed by atoms with van der Waals surface area (Å²) in [5.41, 5.74) is 0.735. The van der Waals surface area contributed by atoms with Crippen molar-refractivity contribution in [2.45, 2.75) is 12.3 Å². The van der Waals surface area contributed by atoms with Crippen molar-refractivity contribution in [3.8, 4) is 0 Å². The second-order valence-corrected chi connectivity index (χ2v) is 7.23. The van der Waals surface area contributed by atoms with Gasteiger partial charge in [-0.05, 0) is 34.5 Å². The zero-order valence-corrected chi connectivity index (χ0v) is 11.3. The third-order valence-corrected chi connectivity index (χ3v) is 5.30. The molecule has 0 saturated carbocycles. The van der Waals surface area contributed by atoms with Crippen LogP contribution in [0.1, 0.15) is 18.2 Å². The molecule has 0 aromatic carbocycles. The van der Waals surface area contributed by atoms with E-state index in [1.54, 1.807) is 4.52 Å². The molecule has 0 bridgehead atoms. The fourth-order valence-electron chi connectivity index (χ4n) is 2.06. The topological polar surface area (TPSA) is 64.3 Å². The molecular formula is C10H10BrN3O2S. The summed E-state index contributed by atoms with van der Waals surface area (Å²) >= 11 is 3.38. The SMILES string of the molecule is O=S1(=O)CCC(c2nc3cccc(Br)n3n2)C1. The molecule has 2 aromatic rings. The molecule has 5 nitrogen and oxygen atoms in total. The first-order valence-electron chi connectivity index (χ1n) is 5.27. The van der Waals surface area contributed by atoms with E-state index in [-0.39, 0.29) is 17.4 Å². The number of aromatic nitrogens is 3. The summed E-state index contributed by atoms with van der Waals surface area (Å²) < 4.78 is 25.3. The number of rotatable bonds is 1. The Morgan fingerprint density at radius 1 is 1.41 bits per heavy atom. The monoisotopic (exact) mass is 315 g/mol. The maximum absolute atomic E-state index is 11.4. The predicted octanol–water partition coefficient (Wildman–Crippen LogP) is 1.39. The maximum atomic E-state index is 11.4. The van der Waals surface area contributed by atoms with E-state index in [1.807, 2.05) is 18.2 Å². The molecule has 3 heterocycles. The standard InChI is InChI=1S/C10H10BrN3O2S/c11-8-2-1-3-9-12-10(13-14(8)9)7-4-5-17(15,16)6-7/h1-3,7H,4-6H2. The highest BCUT2D eigenvalue weighted by molar-refractivity contribution is 9.10. The lowest BCUT2D eigenvalue weighted by Gasteiger charge is -1.99. The van der Waals surface area contributed by atoms with Crippen LogP contribution in [-0.4, -0.2) is 34.5 Å². The number of nitrogens with zero attached hydrogens (tertiary/aromatic N) is 3. The molecule has 1 atom stereocenters. The van der Waals surface area contributed by atoms with Crippen molar-refractivity contribution < 1.29 is 8.42 Å². The molecule has 1 saturated heterocycles. The van der Waals surface area contributed by atoms with E-state index in [4.69, 9.17) is 0 Å². The number of halogens is 1. The predicted molar refractivity (Wildman–Crippen MR) is 66.7 cm³/mol. The van der Waals surface area contributed by atoms with Crippen LogP contribution in [0.2, 0.25) is 0 Å². The normalized spacial score (nSPS) is 23.2. The Morgan fingerprint density at radius 3 is 2.88 bits per heavy atom. The Labute approximate surface area is 107 Å². The van der Waals surface area contributed by atoms with Crippen molar-refractivity contribution in [3.05, 3.63) is 28.6 Å². The number of sulfone groups is 1. The highest BCUT2D eigenvalue weighted by Crippen LogP contribution is 2.27. The summed E-state index contributed by atoms with van der Waals surface area (Å²) in [7, 11) is -2.89. The van der Waals surface area contributed by atoms with Crippen molar-refractivity contribution in [1.82, 2.24) is 14.6 Å². The zero-order valence-electron chi connectivity index (χ0n) is 8.88. The maximum Gasteiger partial charge on any atom is 0.156 e. The third-order valence-electron chi connectivity index (χ3n) is 2.93. The minimum atomic E-state index is -2.89. The van der Waals surface area contributed by atoms with E-state index < -0.39 is 9.84 Å². The third kappa shape index (κ3) is 1.97. The largest absolute Gasteiger partial charge is 0.229 e. The van der Waals surface area contributed by atoms with Gasteiger partial charge in [0.05, 0.1) is 11.5 Å². The van der Waals surface area contributed by atoms with Crippen LogP contribution in [0.5, 0.6) is 0 Å². The van der Waals surface area contributed by atoms with Gasteiger partial charge in [-0.15, -0.1) is 5.10 Å². The van der Waals surface area contributed by atoms with Crippen LogP contribution < -0.4 is 0 Å². The number of fused-ring (bicyclic) bond motifs is 1. The summed E-state index contributed by atoms with van der Waals surface area (Å²) in [4.78, 5) is 4.38. The molecule has 3 rings (SSSR count). The minimum absolute atomic E-state index is 0.0631. The Balaban J connectivity index is 2.05. The molecule has 1 aliphatic rings. The van der Waals surface area contributed by atoms with Gasteiger partial charge in [-0.1, -0.05) is 6.07 Å². The van der Waals surface area contributed by atoms with Crippen LogP contribution >= 0.6 is 15.9 Å². The molecule has 0 spiro atoms. The molecule has 1 aliphatic heterocycles. The molecule has 7 heteroatoms. The molecule has 1 fully saturated rings. The van der Waals surface area contributed by atoms with Gasteiger partial charge in [0.25, 0.3) is 0 Å². The number of pyridine rings is 1. The molecule has 0 N–H and O–H groups in total. The summed E-state index contributed by atoms with van der Waals surface area (Å²) in [6.45, 7) is 0. The fourth-order valence-corrected chi connectivity index (χ4v) is 4.21. The van der Waals surface area contributed by atoms with Gasteiger partial charge in [-0.2, -0.15) is 0 Å².